The Balaban J connectivity index is 0.000000213. The van der Waals surface area contributed by atoms with E-state index >= 15 is 0 Å². The van der Waals surface area contributed by atoms with Gasteiger partial charge in [0.15, 0.2) is 11.5 Å². The van der Waals surface area contributed by atoms with E-state index < -0.39 is 0 Å². The third-order valence-electron chi connectivity index (χ3n) is 4.14. The average molecular weight is 418 g/mol. The van der Waals surface area contributed by atoms with E-state index in [0.29, 0.717) is 34.2 Å². The van der Waals surface area contributed by atoms with E-state index in [9.17, 15) is 0 Å². The van der Waals surface area contributed by atoms with Crippen molar-refractivity contribution < 1.29 is 14.9 Å². The molecule has 4 aromatic rings. The van der Waals surface area contributed by atoms with Gasteiger partial charge in [-0.3, -0.25) is 0 Å². The van der Waals surface area contributed by atoms with Crippen LogP contribution in [-0.4, -0.2) is 5.48 Å². The number of rotatable bonds is 4. The molecular formula is C24H26N4O3. The molecule has 7 nitrogen and oxygen atoms in total. The molecule has 0 amide bonds. The second kappa shape index (κ2) is 11.0. The van der Waals surface area contributed by atoms with Gasteiger partial charge < -0.3 is 37.9 Å². The number of benzene rings is 4. The van der Waals surface area contributed by atoms with Crippen LogP contribution in [0.4, 0.5) is 22.7 Å². The summed E-state index contributed by atoms with van der Waals surface area (Å²) >= 11 is 0. The summed E-state index contributed by atoms with van der Waals surface area (Å²) in [7, 11) is 0. The lowest BCUT2D eigenvalue weighted by Crippen LogP contribution is -1.97. The van der Waals surface area contributed by atoms with Crippen molar-refractivity contribution >= 4 is 22.7 Å². The van der Waals surface area contributed by atoms with Crippen LogP contribution in [0.2, 0.25) is 0 Å². The molecule has 7 heteroatoms. The van der Waals surface area contributed by atoms with Gasteiger partial charge in [-0.05, 0) is 48.5 Å². The van der Waals surface area contributed by atoms with Crippen LogP contribution in [0.25, 0.3) is 0 Å². The lowest BCUT2D eigenvalue weighted by atomic mass is 10.2. The standard InChI is InChI=1S/2C12H12N2O.H2O/c2*13-10-7-4-8-11(12(10)14)15-9-5-2-1-3-6-9;/h2*1-8H,13-14H2;1H2. The Morgan fingerprint density at radius 1 is 0.419 bits per heavy atom. The predicted molar refractivity (Wildman–Crippen MR) is 127 cm³/mol. The maximum Gasteiger partial charge on any atom is 0.152 e. The summed E-state index contributed by atoms with van der Waals surface area (Å²) in [6.45, 7) is 0. The minimum atomic E-state index is 0. The van der Waals surface area contributed by atoms with Crippen molar-refractivity contribution in [3.05, 3.63) is 97.1 Å². The van der Waals surface area contributed by atoms with Crippen LogP contribution in [0.3, 0.4) is 0 Å². The fourth-order valence-electron chi connectivity index (χ4n) is 2.53. The van der Waals surface area contributed by atoms with Gasteiger partial charge in [-0.25, -0.2) is 0 Å². The smallest absolute Gasteiger partial charge is 0.152 e. The Labute approximate surface area is 181 Å². The third-order valence-corrected chi connectivity index (χ3v) is 4.14. The first-order valence-corrected chi connectivity index (χ1v) is 9.28. The molecule has 31 heavy (non-hydrogen) atoms. The molecule has 0 saturated carbocycles. The van der Waals surface area contributed by atoms with Crippen LogP contribution in [0.5, 0.6) is 23.0 Å². The van der Waals surface area contributed by atoms with Crippen molar-refractivity contribution in [3.63, 3.8) is 0 Å². The summed E-state index contributed by atoms with van der Waals surface area (Å²) in [5.41, 5.74) is 24.9. The molecule has 0 fully saturated rings. The SMILES string of the molecule is Nc1cccc(Oc2ccccc2)c1N.Nc1cccc(Oc2ccccc2)c1N.O. The first-order chi connectivity index (χ1) is 14.5. The zero-order chi connectivity index (χ0) is 21.3. The molecule has 160 valence electrons. The van der Waals surface area contributed by atoms with Crippen molar-refractivity contribution in [2.75, 3.05) is 22.9 Å². The van der Waals surface area contributed by atoms with Gasteiger partial charge in [0.05, 0.1) is 22.7 Å². The summed E-state index contributed by atoms with van der Waals surface area (Å²) < 4.78 is 11.2. The molecule has 0 saturated heterocycles. The summed E-state index contributed by atoms with van der Waals surface area (Å²) in [4.78, 5) is 0. The highest BCUT2D eigenvalue weighted by Gasteiger charge is 2.04. The van der Waals surface area contributed by atoms with E-state index in [1.54, 1.807) is 24.3 Å². The van der Waals surface area contributed by atoms with Crippen LogP contribution in [-0.2, 0) is 0 Å². The quantitative estimate of drug-likeness (QED) is 0.359. The fraction of sp³-hybridized carbons (Fsp3) is 0. The Morgan fingerprint density at radius 2 is 0.774 bits per heavy atom. The van der Waals surface area contributed by atoms with E-state index in [1.807, 2.05) is 72.8 Å². The number of hydrogen-bond acceptors (Lipinski definition) is 6. The first-order valence-electron chi connectivity index (χ1n) is 9.28. The largest absolute Gasteiger partial charge is 0.455 e. The summed E-state index contributed by atoms with van der Waals surface area (Å²) in [5, 5.41) is 0. The van der Waals surface area contributed by atoms with Crippen LogP contribution in [0, 0.1) is 0 Å². The van der Waals surface area contributed by atoms with E-state index in [0.717, 1.165) is 11.5 Å². The molecule has 0 radical (unpaired) electrons. The molecule has 0 aromatic heterocycles. The van der Waals surface area contributed by atoms with Crippen molar-refractivity contribution in [2.45, 2.75) is 0 Å². The fourth-order valence-corrected chi connectivity index (χ4v) is 2.53. The second-order valence-electron chi connectivity index (χ2n) is 6.35. The molecule has 10 N–H and O–H groups in total. The van der Waals surface area contributed by atoms with Gasteiger partial charge in [-0.2, -0.15) is 0 Å². The zero-order valence-corrected chi connectivity index (χ0v) is 16.9. The van der Waals surface area contributed by atoms with Crippen LogP contribution in [0.15, 0.2) is 97.1 Å². The number of hydrogen-bond donors (Lipinski definition) is 4. The number of nitrogens with two attached hydrogens (primary N) is 4. The normalized spacial score (nSPS) is 9.55. The molecule has 0 aliphatic heterocycles. The van der Waals surface area contributed by atoms with Crippen LogP contribution < -0.4 is 32.4 Å². The average Bonchev–Trinajstić information content (AvgIpc) is 2.77. The molecule has 4 aromatic carbocycles. The van der Waals surface area contributed by atoms with Crippen molar-refractivity contribution in [2.24, 2.45) is 0 Å². The maximum absolute atomic E-state index is 5.78. The van der Waals surface area contributed by atoms with E-state index in [2.05, 4.69) is 0 Å². The molecular weight excluding hydrogens is 392 g/mol. The van der Waals surface area contributed by atoms with Crippen LogP contribution in [0.1, 0.15) is 0 Å². The molecule has 0 aliphatic carbocycles. The highest BCUT2D eigenvalue weighted by molar-refractivity contribution is 5.71. The Hall–Kier alpha value is -4.36. The highest BCUT2D eigenvalue weighted by atomic mass is 16.5. The molecule has 0 bridgehead atoms. The Kier molecular flexibility index (Phi) is 8.13. The van der Waals surface area contributed by atoms with Gasteiger partial charge in [0.2, 0.25) is 0 Å². The van der Waals surface area contributed by atoms with E-state index in [1.165, 1.54) is 0 Å². The monoisotopic (exact) mass is 418 g/mol. The van der Waals surface area contributed by atoms with E-state index in [-0.39, 0.29) is 5.48 Å². The summed E-state index contributed by atoms with van der Waals surface area (Å²) in [6, 6.07) is 29.6. The van der Waals surface area contributed by atoms with Gasteiger partial charge in [0.1, 0.15) is 11.5 Å². The zero-order valence-electron chi connectivity index (χ0n) is 16.9. The molecule has 0 aliphatic rings. The van der Waals surface area contributed by atoms with Crippen LogP contribution >= 0.6 is 0 Å². The van der Waals surface area contributed by atoms with Gasteiger partial charge in [-0.15, -0.1) is 0 Å². The third kappa shape index (κ3) is 6.31. The van der Waals surface area contributed by atoms with Gasteiger partial charge in [0, 0.05) is 0 Å². The predicted octanol–water partition coefficient (Wildman–Crippen LogP) is 4.46. The maximum atomic E-state index is 5.78. The summed E-state index contributed by atoms with van der Waals surface area (Å²) in [5.74, 6) is 2.66. The van der Waals surface area contributed by atoms with Gasteiger partial charge in [-0.1, -0.05) is 48.5 Å². The topological polar surface area (TPSA) is 154 Å². The first kappa shape index (κ1) is 22.9. The molecule has 0 atom stereocenters. The van der Waals surface area contributed by atoms with Gasteiger partial charge >= 0.3 is 0 Å². The second-order valence-corrected chi connectivity index (χ2v) is 6.35. The highest BCUT2D eigenvalue weighted by Crippen LogP contribution is 2.31. The lowest BCUT2D eigenvalue weighted by Gasteiger charge is -2.09. The number of nitrogen functional groups attached to an aromatic ring is 4. The Morgan fingerprint density at radius 3 is 1.13 bits per heavy atom. The molecule has 0 spiro atoms. The van der Waals surface area contributed by atoms with Gasteiger partial charge in [0.25, 0.3) is 0 Å². The number of ether oxygens (including phenoxy) is 2. The lowest BCUT2D eigenvalue weighted by molar-refractivity contribution is 0.485. The molecule has 0 heterocycles. The van der Waals surface area contributed by atoms with Crippen molar-refractivity contribution in [1.82, 2.24) is 0 Å². The Bertz CT molecular complexity index is 1000. The molecule has 4 rings (SSSR count). The van der Waals surface area contributed by atoms with Crippen molar-refractivity contribution in [1.29, 1.82) is 0 Å². The molecule has 0 unspecified atom stereocenters. The number of anilines is 4. The minimum Gasteiger partial charge on any atom is -0.455 e. The van der Waals surface area contributed by atoms with E-state index in [4.69, 9.17) is 32.4 Å². The van der Waals surface area contributed by atoms with Crippen molar-refractivity contribution in [3.8, 4) is 23.0 Å². The summed E-state index contributed by atoms with van der Waals surface area (Å²) in [6.07, 6.45) is 0. The minimum absolute atomic E-state index is 0. The number of para-hydroxylation sites is 4.